The van der Waals surface area contributed by atoms with E-state index in [4.69, 9.17) is 27.9 Å². The molecule has 0 radical (unpaired) electrons. The van der Waals surface area contributed by atoms with Crippen LogP contribution >= 0.6 is 23.2 Å². The van der Waals surface area contributed by atoms with Gasteiger partial charge in [-0.15, -0.1) is 23.2 Å². The van der Waals surface area contributed by atoms with Crippen LogP contribution in [0.15, 0.2) is 48.5 Å². The van der Waals surface area contributed by atoms with Crippen LogP contribution in [0.2, 0.25) is 0 Å². The molecule has 1 saturated carbocycles. The second kappa shape index (κ2) is 9.53. The smallest absolute Gasteiger partial charge is 0.338 e. The Kier molecular flexibility index (Phi) is 6.72. The van der Waals surface area contributed by atoms with Crippen LogP contribution in [0.25, 0.3) is 0 Å². The van der Waals surface area contributed by atoms with Gasteiger partial charge in [-0.05, 0) is 49.6 Å². The summed E-state index contributed by atoms with van der Waals surface area (Å²) in [5.41, 5.74) is 1.91. The van der Waals surface area contributed by atoms with Gasteiger partial charge < -0.3 is 10.1 Å². The fourth-order valence-electron chi connectivity index (χ4n) is 4.24. The average molecular weight is 489 g/mol. The zero-order chi connectivity index (χ0) is 23.7. The fraction of sp³-hybridized carbons (Fsp3) is 0.333. The molecule has 1 heterocycles. The van der Waals surface area contributed by atoms with E-state index in [-0.39, 0.29) is 33.8 Å². The topological polar surface area (TPSA) is 92.8 Å². The van der Waals surface area contributed by atoms with Crippen molar-refractivity contribution in [1.82, 2.24) is 0 Å². The maximum atomic E-state index is 12.9. The van der Waals surface area contributed by atoms with E-state index in [9.17, 15) is 19.2 Å². The first-order chi connectivity index (χ1) is 15.8. The number of alkyl halides is 2. The lowest BCUT2D eigenvalue weighted by Crippen LogP contribution is -2.34. The van der Waals surface area contributed by atoms with Crippen molar-refractivity contribution in [1.29, 1.82) is 0 Å². The SMILES string of the molecule is Cc1ccccc1NC(=O)COC(=O)c1cccc(N2C(=O)[C@@H]3C[C@@H](Cl)[C@@H](Cl)C[C@H]3C2=O)c1. The van der Waals surface area contributed by atoms with Crippen LogP contribution in [-0.4, -0.2) is 41.1 Å². The summed E-state index contributed by atoms with van der Waals surface area (Å²) < 4.78 is 5.12. The molecule has 1 N–H and O–H groups in total. The average Bonchev–Trinajstić information content (AvgIpc) is 3.03. The summed E-state index contributed by atoms with van der Waals surface area (Å²) in [6.07, 6.45) is 0.665. The number of imide groups is 1. The highest BCUT2D eigenvalue weighted by Gasteiger charge is 2.52. The van der Waals surface area contributed by atoms with Crippen molar-refractivity contribution in [2.45, 2.75) is 30.5 Å². The normalized spacial score (nSPS) is 24.4. The molecule has 1 aliphatic heterocycles. The first-order valence-electron chi connectivity index (χ1n) is 10.5. The number of hydrogen-bond donors (Lipinski definition) is 1. The highest BCUT2D eigenvalue weighted by molar-refractivity contribution is 6.31. The third kappa shape index (κ3) is 4.75. The number of carbonyl (C=O) groups is 4. The van der Waals surface area contributed by atoms with E-state index in [0.717, 1.165) is 10.5 Å². The van der Waals surface area contributed by atoms with Crippen molar-refractivity contribution in [2.24, 2.45) is 11.8 Å². The Hall–Kier alpha value is -2.90. The van der Waals surface area contributed by atoms with Crippen LogP contribution in [0.1, 0.15) is 28.8 Å². The predicted octanol–water partition coefficient (Wildman–Crippen LogP) is 3.90. The third-order valence-electron chi connectivity index (χ3n) is 6.01. The maximum Gasteiger partial charge on any atom is 0.338 e. The number of esters is 1. The van der Waals surface area contributed by atoms with Gasteiger partial charge in [0, 0.05) is 5.69 Å². The number of rotatable bonds is 5. The number of fused-ring (bicyclic) bond motifs is 1. The predicted molar refractivity (Wildman–Crippen MR) is 125 cm³/mol. The molecule has 2 fully saturated rings. The quantitative estimate of drug-likeness (QED) is 0.391. The number of carbonyl (C=O) groups excluding carboxylic acids is 4. The van der Waals surface area contributed by atoms with Crippen molar-refractivity contribution >= 4 is 58.3 Å². The molecule has 2 aromatic carbocycles. The zero-order valence-corrected chi connectivity index (χ0v) is 19.3. The van der Waals surface area contributed by atoms with Gasteiger partial charge >= 0.3 is 5.97 Å². The molecular formula is C24H22Cl2N2O5. The second-order valence-electron chi connectivity index (χ2n) is 8.22. The maximum absolute atomic E-state index is 12.9. The molecule has 2 aliphatic rings. The molecule has 7 nitrogen and oxygen atoms in total. The zero-order valence-electron chi connectivity index (χ0n) is 17.8. The van der Waals surface area contributed by atoms with Gasteiger partial charge in [-0.25, -0.2) is 4.79 Å². The van der Waals surface area contributed by atoms with Gasteiger partial charge in [-0.3, -0.25) is 19.3 Å². The minimum absolute atomic E-state index is 0.122. The molecule has 4 atom stereocenters. The van der Waals surface area contributed by atoms with E-state index in [1.54, 1.807) is 24.3 Å². The van der Waals surface area contributed by atoms with Crippen LogP contribution in [0.3, 0.4) is 0 Å². The number of halogens is 2. The Morgan fingerprint density at radius 3 is 2.27 bits per heavy atom. The van der Waals surface area contributed by atoms with Crippen molar-refractivity contribution < 1.29 is 23.9 Å². The number of para-hydroxylation sites is 1. The Morgan fingerprint density at radius 1 is 1.00 bits per heavy atom. The van der Waals surface area contributed by atoms with E-state index >= 15 is 0 Å². The summed E-state index contributed by atoms with van der Waals surface area (Å²) in [5, 5.41) is 1.93. The molecule has 1 saturated heterocycles. The van der Waals surface area contributed by atoms with Gasteiger partial charge in [0.05, 0.1) is 33.8 Å². The Bertz CT molecular complexity index is 1090. The molecule has 1 aliphatic carbocycles. The number of nitrogens with one attached hydrogen (secondary N) is 1. The molecular weight excluding hydrogens is 467 g/mol. The number of hydrogen-bond acceptors (Lipinski definition) is 5. The van der Waals surface area contributed by atoms with Crippen molar-refractivity contribution in [3.8, 4) is 0 Å². The summed E-state index contributed by atoms with van der Waals surface area (Å²) in [6, 6.07) is 13.3. The highest BCUT2D eigenvalue weighted by Crippen LogP contribution is 2.43. The molecule has 3 amide bonds. The largest absolute Gasteiger partial charge is 0.452 e. The molecule has 33 heavy (non-hydrogen) atoms. The van der Waals surface area contributed by atoms with Gasteiger partial charge in [0.1, 0.15) is 0 Å². The molecule has 0 bridgehead atoms. The summed E-state index contributed by atoms with van der Waals surface area (Å²) in [4.78, 5) is 51.6. The number of amides is 3. The van der Waals surface area contributed by atoms with Gasteiger partial charge in [0.2, 0.25) is 11.8 Å². The fourth-order valence-corrected chi connectivity index (χ4v) is 4.83. The minimum atomic E-state index is -0.741. The van der Waals surface area contributed by atoms with E-state index in [0.29, 0.717) is 18.5 Å². The standard InChI is InChI=1S/C24H22Cl2N2O5/c1-13-5-2-3-8-20(13)27-21(29)12-33-24(32)14-6-4-7-15(9-14)28-22(30)16-10-18(25)19(26)11-17(16)23(28)31/h2-9,16-19H,10-12H2,1H3,(H,27,29)/t16-,17-,18-,19+/m1/s1. The summed E-state index contributed by atoms with van der Waals surface area (Å²) in [7, 11) is 0. The molecule has 2 aromatic rings. The monoisotopic (exact) mass is 488 g/mol. The summed E-state index contributed by atoms with van der Waals surface area (Å²) >= 11 is 12.4. The molecule has 172 valence electrons. The molecule has 0 spiro atoms. The van der Waals surface area contributed by atoms with E-state index in [1.165, 1.54) is 12.1 Å². The van der Waals surface area contributed by atoms with Crippen molar-refractivity contribution in [3.63, 3.8) is 0 Å². The molecule has 0 aromatic heterocycles. The number of aryl methyl sites for hydroxylation is 1. The van der Waals surface area contributed by atoms with Crippen LogP contribution in [0, 0.1) is 18.8 Å². The van der Waals surface area contributed by atoms with Gasteiger partial charge in [-0.1, -0.05) is 24.3 Å². The number of nitrogens with zero attached hydrogens (tertiary/aromatic N) is 1. The minimum Gasteiger partial charge on any atom is -0.452 e. The van der Waals surface area contributed by atoms with Gasteiger partial charge in [0.15, 0.2) is 6.61 Å². The van der Waals surface area contributed by atoms with E-state index in [2.05, 4.69) is 5.32 Å². The van der Waals surface area contributed by atoms with Crippen LogP contribution in [0.5, 0.6) is 0 Å². The summed E-state index contributed by atoms with van der Waals surface area (Å²) in [6.45, 7) is 1.38. The number of ether oxygens (including phenoxy) is 1. The second-order valence-corrected chi connectivity index (χ2v) is 9.34. The van der Waals surface area contributed by atoms with Crippen LogP contribution in [0.4, 0.5) is 11.4 Å². The van der Waals surface area contributed by atoms with Gasteiger partial charge in [-0.2, -0.15) is 0 Å². The number of anilines is 2. The Balaban J connectivity index is 1.43. The first-order valence-corrected chi connectivity index (χ1v) is 11.4. The molecule has 9 heteroatoms. The Morgan fingerprint density at radius 2 is 1.64 bits per heavy atom. The van der Waals surface area contributed by atoms with Crippen LogP contribution < -0.4 is 10.2 Å². The van der Waals surface area contributed by atoms with Gasteiger partial charge in [0.25, 0.3) is 5.91 Å². The lowest BCUT2D eigenvalue weighted by Gasteiger charge is -2.28. The molecule has 0 unspecified atom stereocenters. The highest BCUT2D eigenvalue weighted by atomic mass is 35.5. The lowest BCUT2D eigenvalue weighted by molar-refractivity contribution is -0.122. The molecule has 4 rings (SSSR count). The lowest BCUT2D eigenvalue weighted by atomic mass is 9.80. The summed E-state index contributed by atoms with van der Waals surface area (Å²) in [5.74, 6) is -2.94. The van der Waals surface area contributed by atoms with E-state index in [1.807, 2.05) is 19.1 Å². The van der Waals surface area contributed by atoms with E-state index < -0.39 is 30.3 Å². The van der Waals surface area contributed by atoms with Crippen LogP contribution in [-0.2, 0) is 19.1 Å². The first kappa shape index (κ1) is 23.3. The number of benzene rings is 2. The van der Waals surface area contributed by atoms with Crippen molar-refractivity contribution in [2.75, 3.05) is 16.8 Å². The third-order valence-corrected chi connectivity index (χ3v) is 7.10. The van der Waals surface area contributed by atoms with Crippen molar-refractivity contribution in [3.05, 3.63) is 59.7 Å². The Labute approximate surface area is 201 Å².